The summed E-state index contributed by atoms with van der Waals surface area (Å²) >= 11 is 3.31. The van der Waals surface area contributed by atoms with Gasteiger partial charge >= 0.3 is 0 Å². The van der Waals surface area contributed by atoms with E-state index in [0.29, 0.717) is 6.04 Å². The Morgan fingerprint density at radius 2 is 2.18 bits per heavy atom. The molecule has 0 amide bonds. The number of aromatic nitrogens is 3. The van der Waals surface area contributed by atoms with Crippen LogP contribution in [-0.2, 0) is 6.54 Å². The van der Waals surface area contributed by atoms with E-state index in [2.05, 4.69) is 49.6 Å². The van der Waals surface area contributed by atoms with Crippen LogP contribution in [0.15, 0.2) is 35.5 Å². The summed E-state index contributed by atoms with van der Waals surface area (Å²) in [7, 11) is 0. The number of pyridine rings is 1. The van der Waals surface area contributed by atoms with Crippen molar-refractivity contribution in [2.75, 3.05) is 5.32 Å². The highest BCUT2D eigenvalue weighted by atomic mass is 79.9. The molecule has 0 aromatic carbocycles. The first-order valence-electron chi connectivity index (χ1n) is 5.53. The molecule has 2 heterocycles. The third-order valence-corrected chi connectivity index (χ3v) is 2.97. The minimum Gasteiger partial charge on any atom is -0.378 e. The highest BCUT2D eigenvalue weighted by Crippen LogP contribution is 2.13. The molecule has 0 bridgehead atoms. The largest absolute Gasteiger partial charge is 0.378 e. The Kier molecular flexibility index (Phi) is 3.78. The number of halogens is 1. The fourth-order valence-corrected chi connectivity index (χ4v) is 1.84. The maximum Gasteiger partial charge on any atom is 0.106 e. The lowest BCUT2D eigenvalue weighted by Crippen LogP contribution is -2.08. The molecule has 0 spiro atoms. The van der Waals surface area contributed by atoms with E-state index >= 15 is 0 Å². The lowest BCUT2D eigenvalue weighted by atomic mass is 10.3. The number of rotatable bonds is 4. The van der Waals surface area contributed by atoms with Gasteiger partial charge < -0.3 is 9.88 Å². The van der Waals surface area contributed by atoms with E-state index in [1.165, 1.54) is 5.69 Å². The SMILES string of the molecule is CC(C)n1cncc1CNc1ccc(Br)nc1. The number of nitrogens with zero attached hydrogens (tertiary/aromatic N) is 3. The Morgan fingerprint density at radius 1 is 1.35 bits per heavy atom. The molecule has 0 aliphatic carbocycles. The van der Waals surface area contributed by atoms with Gasteiger partial charge in [0.2, 0.25) is 0 Å². The summed E-state index contributed by atoms with van der Waals surface area (Å²) in [5, 5.41) is 3.33. The molecule has 90 valence electrons. The van der Waals surface area contributed by atoms with Gasteiger partial charge in [-0.1, -0.05) is 0 Å². The molecule has 4 nitrogen and oxygen atoms in total. The van der Waals surface area contributed by atoms with Gasteiger partial charge in [0, 0.05) is 12.2 Å². The highest BCUT2D eigenvalue weighted by molar-refractivity contribution is 9.10. The van der Waals surface area contributed by atoms with Gasteiger partial charge in [-0.2, -0.15) is 0 Å². The van der Waals surface area contributed by atoms with Gasteiger partial charge in [0.1, 0.15) is 4.60 Å². The lowest BCUT2D eigenvalue weighted by molar-refractivity contribution is 0.577. The Hall–Kier alpha value is -1.36. The van der Waals surface area contributed by atoms with Crippen LogP contribution in [0.2, 0.25) is 0 Å². The van der Waals surface area contributed by atoms with Crippen LogP contribution in [0.25, 0.3) is 0 Å². The average molecular weight is 295 g/mol. The van der Waals surface area contributed by atoms with Crippen molar-refractivity contribution in [2.45, 2.75) is 26.4 Å². The molecule has 2 aromatic rings. The van der Waals surface area contributed by atoms with E-state index in [4.69, 9.17) is 0 Å². The Balaban J connectivity index is 2.02. The molecule has 2 aromatic heterocycles. The standard InChI is InChI=1S/C12H15BrN4/c1-9(2)17-8-14-6-11(17)7-15-10-3-4-12(13)16-5-10/h3-6,8-9,15H,7H2,1-2H3. The van der Waals surface area contributed by atoms with Crippen LogP contribution >= 0.6 is 15.9 Å². The van der Waals surface area contributed by atoms with Gasteiger partial charge in [-0.3, -0.25) is 0 Å². The fourth-order valence-electron chi connectivity index (χ4n) is 1.61. The molecular weight excluding hydrogens is 280 g/mol. The molecular formula is C12H15BrN4. The molecule has 2 rings (SSSR count). The van der Waals surface area contributed by atoms with E-state index in [9.17, 15) is 0 Å². The van der Waals surface area contributed by atoms with Crippen molar-refractivity contribution in [3.63, 3.8) is 0 Å². The van der Waals surface area contributed by atoms with E-state index < -0.39 is 0 Å². The van der Waals surface area contributed by atoms with Gasteiger partial charge in [0.15, 0.2) is 0 Å². The van der Waals surface area contributed by atoms with Gasteiger partial charge in [-0.25, -0.2) is 9.97 Å². The van der Waals surface area contributed by atoms with Crippen molar-refractivity contribution in [1.82, 2.24) is 14.5 Å². The third-order valence-electron chi connectivity index (χ3n) is 2.50. The monoisotopic (exact) mass is 294 g/mol. The molecule has 0 aliphatic rings. The van der Waals surface area contributed by atoms with E-state index in [1.54, 1.807) is 6.20 Å². The molecule has 17 heavy (non-hydrogen) atoms. The van der Waals surface area contributed by atoms with Crippen molar-refractivity contribution < 1.29 is 0 Å². The summed E-state index contributed by atoms with van der Waals surface area (Å²) < 4.78 is 2.99. The zero-order valence-corrected chi connectivity index (χ0v) is 11.5. The van der Waals surface area contributed by atoms with Crippen molar-refractivity contribution in [3.05, 3.63) is 41.2 Å². The van der Waals surface area contributed by atoms with Gasteiger partial charge in [0.25, 0.3) is 0 Å². The van der Waals surface area contributed by atoms with Crippen molar-refractivity contribution >= 4 is 21.6 Å². The van der Waals surface area contributed by atoms with E-state index in [0.717, 1.165) is 16.8 Å². The summed E-state index contributed by atoms with van der Waals surface area (Å²) in [5.41, 5.74) is 2.17. The van der Waals surface area contributed by atoms with Crippen LogP contribution in [0.4, 0.5) is 5.69 Å². The van der Waals surface area contributed by atoms with E-state index in [-0.39, 0.29) is 0 Å². The quantitative estimate of drug-likeness (QED) is 0.881. The van der Waals surface area contributed by atoms with Crippen LogP contribution in [0.3, 0.4) is 0 Å². The second kappa shape index (κ2) is 5.31. The summed E-state index contributed by atoms with van der Waals surface area (Å²) in [6, 6.07) is 4.34. The smallest absolute Gasteiger partial charge is 0.106 e. The predicted octanol–water partition coefficient (Wildman–Crippen LogP) is 3.23. The summed E-state index contributed by atoms with van der Waals surface area (Å²) in [4.78, 5) is 8.34. The molecule has 0 saturated carbocycles. The third kappa shape index (κ3) is 3.06. The molecule has 5 heteroatoms. The second-order valence-corrected chi connectivity index (χ2v) is 4.92. The molecule has 0 aliphatic heterocycles. The van der Waals surface area contributed by atoms with Crippen LogP contribution in [0, 0.1) is 0 Å². The van der Waals surface area contributed by atoms with Crippen LogP contribution in [0.1, 0.15) is 25.6 Å². The first-order chi connectivity index (χ1) is 8.16. The molecule has 0 atom stereocenters. The first-order valence-corrected chi connectivity index (χ1v) is 6.32. The van der Waals surface area contributed by atoms with Crippen LogP contribution < -0.4 is 5.32 Å². The zero-order valence-electron chi connectivity index (χ0n) is 9.89. The zero-order chi connectivity index (χ0) is 12.3. The second-order valence-electron chi connectivity index (χ2n) is 4.11. The predicted molar refractivity (Wildman–Crippen MR) is 71.9 cm³/mol. The summed E-state index contributed by atoms with van der Waals surface area (Å²) in [6.07, 6.45) is 5.56. The number of anilines is 1. The highest BCUT2D eigenvalue weighted by Gasteiger charge is 2.04. The Morgan fingerprint density at radius 3 is 2.82 bits per heavy atom. The number of imidazole rings is 1. The molecule has 0 unspecified atom stereocenters. The average Bonchev–Trinajstić information content (AvgIpc) is 2.76. The molecule has 1 N–H and O–H groups in total. The van der Waals surface area contributed by atoms with Crippen molar-refractivity contribution in [1.29, 1.82) is 0 Å². The van der Waals surface area contributed by atoms with Gasteiger partial charge in [-0.05, 0) is 41.9 Å². The first kappa shape index (κ1) is 12.1. The minimum absolute atomic E-state index is 0.428. The normalized spacial score (nSPS) is 10.8. The Bertz CT molecular complexity index is 476. The van der Waals surface area contributed by atoms with Gasteiger partial charge in [0.05, 0.1) is 30.5 Å². The summed E-state index contributed by atoms with van der Waals surface area (Å²) in [5.74, 6) is 0. The molecule has 0 saturated heterocycles. The van der Waals surface area contributed by atoms with Crippen molar-refractivity contribution in [2.24, 2.45) is 0 Å². The molecule has 0 radical (unpaired) electrons. The fraction of sp³-hybridized carbons (Fsp3) is 0.333. The minimum atomic E-state index is 0.428. The van der Waals surface area contributed by atoms with Crippen LogP contribution in [0.5, 0.6) is 0 Å². The summed E-state index contributed by atoms with van der Waals surface area (Å²) in [6.45, 7) is 5.04. The molecule has 0 fully saturated rings. The van der Waals surface area contributed by atoms with Gasteiger partial charge in [-0.15, -0.1) is 0 Å². The van der Waals surface area contributed by atoms with E-state index in [1.807, 2.05) is 24.7 Å². The number of hydrogen-bond acceptors (Lipinski definition) is 3. The topological polar surface area (TPSA) is 42.7 Å². The maximum atomic E-state index is 4.17. The Labute approximate surface area is 109 Å². The number of hydrogen-bond donors (Lipinski definition) is 1. The number of nitrogens with one attached hydrogen (secondary N) is 1. The lowest BCUT2D eigenvalue weighted by Gasteiger charge is -2.12. The van der Waals surface area contributed by atoms with Crippen molar-refractivity contribution in [3.8, 4) is 0 Å². The van der Waals surface area contributed by atoms with Crippen LogP contribution in [-0.4, -0.2) is 14.5 Å². The maximum absolute atomic E-state index is 4.17.